The molecule has 0 spiro atoms. The summed E-state index contributed by atoms with van der Waals surface area (Å²) >= 11 is 0. The molecule has 4 heteroatoms. The number of nitrogens with two attached hydrogens (primary N) is 1. The van der Waals surface area contributed by atoms with Crippen molar-refractivity contribution in [3.8, 4) is 5.75 Å². The van der Waals surface area contributed by atoms with Gasteiger partial charge in [-0.05, 0) is 5.92 Å². The smallest absolute Gasteiger partial charge is 0.167 e. The van der Waals surface area contributed by atoms with Gasteiger partial charge in [-0.25, -0.2) is 8.78 Å². The summed E-state index contributed by atoms with van der Waals surface area (Å²) in [6.07, 6.45) is 1.91. The van der Waals surface area contributed by atoms with E-state index in [0.717, 1.165) is 25.0 Å². The van der Waals surface area contributed by atoms with E-state index >= 15 is 0 Å². The first kappa shape index (κ1) is 12.7. The normalized spacial score (nSPS) is 10.8. The standard InChI is InChI=1S/C12H17F2NO/c1-3-8(4-2)7-16-12-6-9(13)11(15)5-10(12)14/h5-6,8H,3-4,7,15H2,1-2H3. The fourth-order valence-electron chi connectivity index (χ4n) is 1.39. The second kappa shape index (κ2) is 5.68. The number of ether oxygens (including phenoxy) is 1. The number of benzene rings is 1. The van der Waals surface area contributed by atoms with Crippen LogP contribution in [0.5, 0.6) is 5.75 Å². The fraction of sp³-hybridized carbons (Fsp3) is 0.500. The Labute approximate surface area is 94.4 Å². The van der Waals surface area contributed by atoms with E-state index in [4.69, 9.17) is 10.5 Å². The van der Waals surface area contributed by atoms with Crippen molar-refractivity contribution in [2.24, 2.45) is 5.92 Å². The first-order valence-corrected chi connectivity index (χ1v) is 5.45. The van der Waals surface area contributed by atoms with Gasteiger partial charge in [-0.3, -0.25) is 0 Å². The highest BCUT2D eigenvalue weighted by Crippen LogP contribution is 2.23. The Morgan fingerprint density at radius 1 is 1.19 bits per heavy atom. The van der Waals surface area contributed by atoms with Crippen molar-refractivity contribution >= 4 is 5.69 Å². The maximum Gasteiger partial charge on any atom is 0.167 e. The molecular weight excluding hydrogens is 212 g/mol. The average molecular weight is 229 g/mol. The third-order valence-electron chi connectivity index (χ3n) is 2.68. The monoisotopic (exact) mass is 229 g/mol. The van der Waals surface area contributed by atoms with Crippen molar-refractivity contribution in [2.75, 3.05) is 12.3 Å². The lowest BCUT2D eigenvalue weighted by Crippen LogP contribution is -2.11. The molecule has 0 atom stereocenters. The molecule has 0 saturated carbocycles. The second-order valence-electron chi connectivity index (χ2n) is 3.80. The van der Waals surface area contributed by atoms with Gasteiger partial charge in [0.2, 0.25) is 0 Å². The summed E-state index contributed by atoms with van der Waals surface area (Å²) in [4.78, 5) is 0. The van der Waals surface area contributed by atoms with E-state index in [0.29, 0.717) is 12.5 Å². The molecule has 90 valence electrons. The Balaban J connectivity index is 2.70. The second-order valence-corrected chi connectivity index (χ2v) is 3.80. The summed E-state index contributed by atoms with van der Waals surface area (Å²) in [5.74, 6) is -0.982. The molecule has 0 aliphatic carbocycles. The van der Waals surface area contributed by atoms with Crippen molar-refractivity contribution in [1.82, 2.24) is 0 Å². The number of nitrogen functional groups attached to an aromatic ring is 1. The Hall–Kier alpha value is -1.32. The van der Waals surface area contributed by atoms with E-state index < -0.39 is 11.6 Å². The zero-order valence-corrected chi connectivity index (χ0v) is 9.59. The van der Waals surface area contributed by atoms with E-state index in [1.54, 1.807) is 0 Å². The van der Waals surface area contributed by atoms with Crippen LogP contribution in [0.15, 0.2) is 12.1 Å². The molecule has 1 rings (SSSR count). The van der Waals surface area contributed by atoms with Crippen LogP contribution in [0.4, 0.5) is 14.5 Å². The summed E-state index contributed by atoms with van der Waals surface area (Å²) in [6.45, 7) is 4.47. The van der Waals surface area contributed by atoms with Gasteiger partial charge < -0.3 is 10.5 Å². The third-order valence-corrected chi connectivity index (χ3v) is 2.68. The predicted octanol–water partition coefficient (Wildman–Crippen LogP) is 3.36. The van der Waals surface area contributed by atoms with E-state index in [1.807, 2.05) is 13.8 Å². The first-order valence-electron chi connectivity index (χ1n) is 5.45. The van der Waals surface area contributed by atoms with Gasteiger partial charge >= 0.3 is 0 Å². The highest BCUT2D eigenvalue weighted by atomic mass is 19.1. The van der Waals surface area contributed by atoms with Crippen LogP contribution in [0, 0.1) is 17.6 Å². The number of anilines is 1. The summed E-state index contributed by atoms with van der Waals surface area (Å²) < 4.78 is 31.6. The lowest BCUT2D eigenvalue weighted by Gasteiger charge is -2.14. The molecule has 0 heterocycles. The Morgan fingerprint density at radius 2 is 1.81 bits per heavy atom. The minimum Gasteiger partial charge on any atom is -0.490 e. The molecule has 0 bridgehead atoms. The maximum absolute atomic E-state index is 13.3. The van der Waals surface area contributed by atoms with Gasteiger partial charge in [0.15, 0.2) is 11.6 Å². The highest BCUT2D eigenvalue weighted by molar-refractivity contribution is 5.44. The topological polar surface area (TPSA) is 35.2 Å². The Kier molecular flexibility index (Phi) is 4.52. The molecule has 1 aromatic rings. The quantitative estimate of drug-likeness (QED) is 0.786. The van der Waals surface area contributed by atoms with Crippen LogP contribution in [0.25, 0.3) is 0 Å². The molecule has 0 radical (unpaired) electrons. The van der Waals surface area contributed by atoms with Gasteiger partial charge in [0.25, 0.3) is 0 Å². The molecule has 0 saturated heterocycles. The molecule has 0 aliphatic rings. The van der Waals surface area contributed by atoms with Crippen molar-refractivity contribution in [3.05, 3.63) is 23.8 Å². The molecular formula is C12H17F2NO. The minimum atomic E-state index is -0.652. The lowest BCUT2D eigenvalue weighted by atomic mass is 10.1. The summed E-state index contributed by atoms with van der Waals surface area (Å²) in [7, 11) is 0. The fourth-order valence-corrected chi connectivity index (χ4v) is 1.39. The molecule has 0 unspecified atom stereocenters. The molecule has 2 nitrogen and oxygen atoms in total. The van der Waals surface area contributed by atoms with E-state index in [-0.39, 0.29) is 11.4 Å². The van der Waals surface area contributed by atoms with Gasteiger partial charge in [0, 0.05) is 12.1 Å². The van der Waals surface area contributed by atoms with Crippen molar-refractivity contribution in [3.63, 3.8) is 0 Å². The van der Waals surface area contributed by atoms with Crippen LogP contribution in [0.2, 0.25) is 0 Å². The molecule has 16 heavy (non-hydrogen) atoms. The summed E-state index contributed by atoms with van der Waals surface area (Å²) in [5, 5.41) is 0. The third kappa shape index (κ3) is 3.08. The first-order chi connectivity index (χ1) is 7.58. The zero-order valence-electron chi connectivity index (χ0n) is 9.59. The molecule has 0 fully saturated rings. The lowest BCUT2D eigenvalue weighted by molar-refractivity contribution is 0.230. The number of hydrogen-bond donors (Lipinski definition) is 1. The van der Waals surface area contributed by atoms with Crippen molar-refractivity contribution in [2.45, 2.75) is 26.7 Å². The molecule has 0 aromatic heterocycles. The van der Waals surface area contributed by atoms with Crippen LogP contribution in [0.1, 0.15) is 26.7 Å². The van der Waals surface area contributed by atoms with Crippen LogP contribution < -0.4 is 10.5 Å². The Morgan fingerprint density at radius 3 is 2.38 bits per heavy atom. The summed E-state index contributed by atoms with van der Waals surface area (Å²) in [5.41, 5.74) is 5.03. The van der Waals surface area contributed by atoms with Crippen molar-refractivity contribution in [1.29, 1.82) is 0 Å². The van der Waals surface area contributed by atoms with E-state index in [2.05, 4.69) is 0 Å². The van der Waals surface area contributed by atoms with E-state index in [1.165, 1.54) is 0 Å². The summed E-state index contributed by atoms with van der Waals surface area (Å²) in [6, 6.07) is 1.94. The predicted molar refractivity (Wildman–Crippen MR) is 60.3 cm³/mol. The highest BCUT2D eigenvalue weighted by Gasteiger charge is 2.11. The van der Waals surface area contributed by atoms with Gasteiger partial charge in [-0.15, -0.1) is 0 Å². The number of rotatable bonds is 5. The van der Waals surface area contributed by atoms with Crippen LogP contribution >= 0.6 is 0 Å². The van der Waals surface area contributed by atoms with E-state index in [9.17, 15) is 8.78 Å². The number of halogens is 2. The minimum absolute atomic E-state index is 0.0707. The van der Waals surface area contributed by atoms with Gasteiger partial charge in [0.05, 0.1) is 12.3 Å². The van der Waals surface area contributed by atoms with Crippen LogP contribution in [0.3, 0.4) is 0 Å². The number of hydrogen-bond acceptors (Lipinski definition) is 2. The largest absolute Gasteiger partial charge is 0.490 e. The van der Waals surface area contributed by atoms with Gasteiger partial charge in [-0.2, -0.15) is 0 Å². The Bertz CT molecular complexity index is 351. The SMILES string of the molecule is CCC(CC)COc1cc(F)c(N)cc1F. The molecule has 0 aliphatic heterocycles. The molecule has 2 N–H and O–H groups in total. The van der Waals surface area contributed by atoms with Gasteiger partial charge in [-0.1, -0.05) is 26.7 Å². The molecule has 1 aromatic carbocycles. The van der Waals surface area contributed by atoms with Crippen LogP contribution in [-0.4, -0.2) is 6.61 Å². The van der Waals surface area contributed by atoms with Crippen molar-refractivity contribution < 1.29 is 13.5 Å². The zero-order chi connectivity index (χ0) is 12.1. The molecule has 0 amide bonds. The van der Waals surface area contributed by atoms with Gasteiger partial charge in [0.1, 0.15) is 5.82 Å². The average Bonchev–Trinajstić information content (AvgIpc) is 2.26. The van der Waals surface area contributed by atoms with Crippen LogP contribution in [-0.2, 0) is 0 Å². The maximum atomic E-state index is 13.3.